The number of unbranched alkanes of at least 4 members (excludes halogenated alkanes) is 18. The van der Waals surface area contributed by atoms with Crippen LogP contribution in [0.1, 0.15) is 186 Å². The number of Topliss-reactive ketones (excluding diaryl/α,β-unsaturated/α-hetero) is 1. The number of carbonyl (C=O) groups excluding carboxylic acids is 3. The van der Waals surface area contributed by atoms with E-state index >= 15 is 0 Å². The number of amides is 2. The monoisotopic (exact) mass is 1620 g/mol. The lowest BCUT2D eigenvalue weighted by Crippen LogP contribution is -2.68. The number of halogens is 1. The van der Waals surface area contributed by atoms with Gasteiger partial charge in [0.05, 0.1) is 45.2 Å². The van der Waals surface area contributed by atoms with E-state index in [4.69, 9.17) is 52.1 Å². The lowest BCUT2D eigenvalue weighted by Gasteiger charge is -2.48. The fraction of sp³-hybridized carbons (Fsp3) is 0.853. The highest BCUT2D eigenvalue weighted by molar-refractivity contribution is 5.79. The SMILES string of the molecule is CCCCCCCCCCCCCC[C@@H](O)[C@@H](O)[C@H](COC1OC(COCCCCCCCC(=O)CCCCC(=O)NCCOC2OC(CO)C(OC3OC(C(=O)O)C(O)C(OC4OC(CO)C(OC5OC(C(=O)O)C(O)C(O)C5O)C(O)C4O)C3O)C(O)C2O)C(O)C(O)C1O)NC(=O)CCCCCc1ccc(F)cc1. The highest BCUT2D eigenvalue weighted by Gasteiger charge is 2.57. The number of aryl methyl sites for hydroxylation is 1. The number of rotatable bonds is 54. The molecule has 0 aromatic heterocycles. The number of ether oxygens (including phenoxy) is 11. The Morgan fingerprint density at radius 1 is 0.446 bits per heavy atom. The number of carboxylic acid groups (broad SMARTS) is 2. The predicted octanol–water partition coefficient (Wildman–Crippen LogP) is -1.87. The summed E-state index contributed by atoms with van der Waals surface area (Å²) < 4.78 is 74.7. The summed E-state index contributed by atoms with van der Waals surface area (Å²) in [7, 11) is 0. The van der Waals surface area contributed by atoms with Crippen molar-refractivity contribution in [3.05, 3.63) is 35.6 Å². The molecule has 0 radical (unpaired) electrons. The van der Waals surface area contributed by atoms with Gasteiger partial charge in [0.2, 0.25) is 11.8 Å². The molecule has 5 aliphatic rings. The normalized spacial score (nSPS) is 33.2. The van der Waals surface area contributed by atoms with Gasteiger partial charge < -0.3 is 155 Å². The Labute approximate surface area is 650 Å². The van der Waals surface area contributed by atoms with E-state index in [1.165, 1.54) is 57.1 Å². The molecule has 36 nitrogen and oxygen atoms in total. The lowest BCUT2D eigenvalue weighted by molar-refractivity contribution is -0.385. The first-order chi connectivity index (χ1) is 53.6. The number of nitrogens with one attached hydrogen (secondary N) is 2. The number of hydrogen-bond donors (Lipinski definition) is 20. The molecule has 20 N–H and O–H groups in total. The Bertz CT molecular complexity index is 2830. The summed E-state index contributed by atoms with van der Waals surface area (Å²) in [5, 5.41) is 198. The molecule has 5 heterocycles. The summed E-state index contributed by atoms with van der Waals surface area (Å²) in [5.74, 6) is -4.72. The Kier molecular flexibility index (Phi) is 44.0. The third kappa shape index (κ3) is 30.5. The highest BCUT2D eigenvalue weighted by atomic mass is 19.1. The number of benzene rings is 1. The summed E-state index contributed by atoms with van der Waals surface area (Å²) in [6.45, 7) is -0.568. The molecule has 1 aromatic rings. The molecule has 0 bridgehead atoms. The third-order valence-corrected chi connectivity index (χ3v) is 20.9. The third-order valence-electron chi connectivity index (χ3n) is 20.9. The van der Waals surface area contributed by atoms with E-state index in [0.29, 0.717) is 57.8 Å². The molecule has 28 atom stereocenters. The van der Waals surface area contributed by atoms with Gasteiger partial charge in [-0.2, -0.15) is 0 Å². The minimum absolute atomic E-state index is 0.0288. The summed E-state index contributed by atoms with van der Waals surface area (Å²) >= 11 is 0. The number of hydrogen-bond acceptors (Lipinski definition) is 32. The van der Waals surface area contributed by atoms with Gasteiger partial charge in [0.15, 0.2) is 43.7 Å². The summed E-state index contributed by atoms with van der Waals surface area (Å²) in [6, 6.07) is 5.12. The van der Waals surface area contributed by atoms with Crippen LogP contribution in [0.2, 0.25) is 0 Å². The van der Waals surface area contributed by atoms with Gasteiger partial charge in [0, 0.05) is 38.8 Å². The van der Waals surface area contributed by atoms with Crippen molar-refractivity contribution in [2.45, 2.75) is 358 Å². The van der Waals surface area contributed by atoms with Gasteiger partial charge in [-0.1, -0.05) is 122 Å². The lowest BCUT2D eigenvalue weighted by atomic mass is 9.95. The fourth-order valence-electron chi connectivity index (χ4n) is 14.0. The maximum absolute atomic E-state index is 13.4. The van der Waals surface area contributed by atoms with Crippen LogP contribution in [0.4, 0.5) is 4.39 Å². The van der Waals surface area contributed by atoms with E-state index in [1.807, 2.05) is 0 Å². The van der Waals surface area contributed by atoms with Crippen molar-refractivity contribution < 1.29 is 172 Å². The Hall–Kier alpha value is -4.38. The first kappa shape index (κ1) is 96.5. The zero-order valence-corrected chi connectivity index (χ0v) is 63.7. The average molecular weight is 1620 g/mol. The Morgan fingerprint density at radius 2 is 0.893 bits per heavy atom. The van der Waals surface area contributed by atoms with Crippen LogP contribution in [-0.2, 0) is 82.5 Å². The second-order valence-electron chi connectivity index (χ2n) is 29.7. The standard InChI is InChI=1S/C75H125FN2O34/c1-2-3-4-5-6-7-8-9-10-11-14-19-27-45(82)51(85)44(78-50(84)29-20-16-17-24-41-30-32-42(76)33-31-41)39-104-72-58(92)53(87)52(86)48(107-72)40-102-35-23-15-12-13-18-25-43(81)26-21-22-28-49(83)77-34-36-103-71-60(94)56(90)64(46(37-79)105-71)109-75-63(97)66(62(96)68(112-75)70(100)101)110-73-61(95)57(91)65(47(38-80)106-73)108-74-59(93)54(88)55(89)67(111-74)69(98)99/h30-33,44-48,51-68,71-75,79-80,82,85-97H,2-29,34-40H2,1H3,(H,77,83)(H,78,84)(H,98,99)(H,100,101)/t44-,45+,46?,47?,48?,51-,52?,53?,54?,55?,56?,57?,58?,59?,60?,61?,62?,63?,64?,65?,66?,67?,68?,71?,72?,73?,74?,75?/m0/s1. The van der Waals surface area contributed by atoms with Crippen LogP contribution in [0.3, 0.4) is 0 Å². The van der Waals surface area contributed by atoms with Gasteiger partial charge in [-0.05, 0) is 69.1 Å². The molecule has 6 rings (SSSR count). The number of ketones is 1. The second-order valence-corrected chi connectivity index (χ2v) is 29.7. The molecule has 0 saturated carbocycles. The summed E-state index contributed by atoms with van der Waals surface area (Å²) in [4.78, 5) is 62.5. The number of aliphatic hydroxyl groups is 16. The minimum atomic E-state index is -2.32. The van der Waals surface area contributed by atoms with Crippen molar-refractivity contribution >= 4 is 29.5 Å². The summed E-state index contributed by atoms with van der Waals surface area (Å²) in [6.07, 6.45) is -30.0. The molecule has 112 heavy (non-hydrogen) atoms. The topological polar surface area (TPSA) is 575 Å². The predicted molar refractivity (Wildman–Crippen MR) is 385 cm³/mol. The molecule has 646 valence electrons. The van der Waals surface area contributed by atoms with E-state index in [2.05, 4.69) is 17.6 Å². The van der Waals surface area contributed by atoms with Gasteiger partial charge in [0.1, 0.15) is 128 Å². The molecule has 1 aromatic carbocycles. The van der Waals surface area contributed by atoms with E-state index in [-0.39, 0.29) is 69.6 Å². The van der Waals surface area contributed by atoms with Crippen LogP contribution in [-0.4, -0.2) is 339 Å². The quantitative estimate of drug-likeness (QED) is 0.0318. The zero-order chi connectivity index (χ0) is 82.0. The smallest absolute Gasteiger partial charge is 0.335 e. The molecule has 5 saturated heterocycles. The van der Waals surface area contributed by atoms with Crippen LogP contribution in [0, 0.1) is 5.82 Å². The molecular weight excluding hydrogens is 1490 g/mol. The molecule has 25 unspecified atom stereocenters. The first-order valence-electron chi connectivity index (χ1n) is 39.7. The number of aliphatic carboxylic acids is 2. The zero-order valence-electron chi connectivity index (χ0n) is 63.7. The first-order valence-corrected chi connectivity index (χ1v) is 39.7. The molecule has 0 aliphatic carbocycles. The van der Waals surface area contributed by atoms with Crippen molar-refractivity contribution in [2.75, 3.05) is 46.2 Å². The molecule has 0 spiro atoms. The van der Waals surface area contributed by atoms with Gasteiger partial charge in [0.25, 0.3) is 0 Å². The maximum atomic E-state index is 13.4. The Balaban J connectivity index is 0.832. The van der Waals surface area contributed by atoms with E-state index in [1.54, 1.807) is 12.1 Å². The van der Waals surface area contributed by atoms with Crippen LogP contribution in [0.5, 0.6) is 0 Å². The molecular formula is C75H125FN2O34. The largest absolute Gasteiger partial charge is 0.479 e. The second kappa shape index (κ2) is 51.1. The minimum Gasteiger partial charge on any atom is -0.479 e. The van der Waals surface area contributed by atoms with Crippen LogP contribution < -0.4 is 10.6 Å². The van der Waals surface area contributed by atoms with Crippen molar-refractivity contribution in [3.63, 3.8) is 0 Å². The number of carboxylic acids is 2. The molecule has 5 fully saturated rings. The highest BCUT2D eigenvalue weighted by Crippen LogP contribution is 2.36. The van der Waals surface area contributed by atoms with Crippen molar-refractivity contribution in [1.82, 2.24) is 10.6 Å². The van der Waals surface area contributed by atoms with Gasteiger partial charge >= 0.3 is 11.9 Å². The van der Waals surface area contributed by atoms with Crippen molar-refractivity contribution in [3.8, 4) is 0 Å². The van der Waals surface area contributed by atoms with E-state index in [9.17, 15) is 120 Å². The van der Waals surface area contributed by atoms with Gasteiger partial charge in [-0.3, -0.25) is 14.4 Å². The Morgan fingerprint density at radius 3 is 1.49 bits per heavy atom. The van der Waals surface area contributed by atoms with Gasteiger partial charge in [-0.15, -0.1) is 0 Å². The van der Waals surface area contributed by atoms with Crippen LogP contribution >= 0.6 is 0 Å². The van der Waals surface area contributed by atoms with Gasteiger partial charge in [-0.25, -0.2) is 14.0 Å². The van der Waals surface area contributed by atoms with Crippen LogP contribution in [0.15, 0.2) is 24.3 Å². The number of carbonyl (C=O) groups is 5. The average Bonchev–Trinajstić information content (AvgIpc) is 0.777. The van der Waals surface area contributed by atoms with Crippen molar-refractivity contribution in [2.24, 2.45) is 0 Å². The van der Waals surface area contributed by atoms with Crippen molar-refractivity contribution in [1.29, 1.82) is 0 Å². The molecule has 5 aliphatic heterocycles. The summed E-state index contributed by atoms with van der Waals surface area (Å²) in [5.41, 5.74) is 0.979. The van der Waals surface area contributed by atoms with Crippen LogP contribution in [0.25, 0.3) is 0 Å². The fourth-order valence-corrected chi connectivity index (χ4v) is 14.0. The van der Waals surface area contributed by atoms with E-state index < -0.39 is 209 Å². The maximum Gasteiger partial charge on any atom is 0.335 e. The molecule has 2 amide bonds. The van der Waals surface area contributed by atoms with E-state index in [0.717, 1.165) is 56.9 Å². The molecule has 37 heteroatoms. The number of aliphatic hydroxyl groups excluding tert-OH is 16.